The van der Waals surface area contributed by atoms with E-state index in [1.807, 2.05) is 4.57 Å². The average molecular weight is 253 g/mol. The first-order valence-corrected chi connectivity index (χ1v) is 6.02. The molecule has 0 aliphatic heterocycles. The Bertz CT molecular complexity index is 638. The van der Waals surface area contributed by atoms with Crippen LogP contribution in [0.25, 0.3) is 11.2 Å². The Morgan fingerprint density at radius 2 is 2.18 bits per heavy atom. The minimum Gasteiger partial charge on any atom is -0.369 e. The molecule has 0 aliphatic carbocycles. The molecular formula is C10H15N5OS. The number of hydrogen-bond acceptors (Lipinski definition) is 4. The Labute approximate surface area is 103 Å². The van der Waals surface area contributed by atoms with Crippen molar-refractivity contribution >= 4 is 29.3 Å². The lowest BCUT2D eigenvalue weighted by Gasteiger charge is -2.02. The van der Waals surface area contributed by atoms with E-state index in [1.54, 1.807) is 0 Å². The fourth-order valence-electron chi connectivity index (χ4n) is 1.78. The smallest absolute Gasteiger partial charge is 0.278 e. The average Bonchev–Trinajstić information content (AvgIpc) is 2.57. The molecule has 0 unspecified atom stereocenters. The molecule has 6 nitrogen and oxygen atoms in total. The lowest BCUT2D eigenvalue weighted by molar-refractivity contribution is 0.605. The maximum atomic E-state index is 11.6. The summed E-state index contributed by atoms with van der Waals surface area (Å²) in [6, 6.07) is 0. The number of nitrogens with two attached hydrogens (primary N) is 1. The third-order valence-electron chi connectivity index (χ3n) is 2.64. The van der Waals surface area contributed by atoms with Crippen LogP contribution in [0.4, 0.5) is 5.95 Å². The van der Waals surface area contributed by atoms with E-state index >= 15 is 0 Å². The van der Waals surface area contributed by atoms with Crippen molar-refractivity contribution in [2.75, 3.05) is 5.73 Å². The molecule has 17 heavy (non-hydrogen) atoms. The van der Waals surface area contributed by atoms with E-state index in [1.165, 1.54) is 0 Å². The largest absolute Gasteiger partial charge is 0.369 e. The van der Waals surface area contributed by atoms with Crippen LogP contribution in [-0.2, 0) is 6.54 Å². The topological polar surface area (TPSA) is 92.5 Å². The van der Waals surface area contributed by atoms with Crippen LogP contribution < -0.4 is 11.3 Å². The second-order valence-corrected chi connectivity index (χ2v) is 4.33. The van der Waals surface area contributed by atoms with Crippen LogP contribution in [0.3, 0.4) is 0 Å². The van der Waals surface area contributed by atoms with Crippen molar-refractivity contribution in [3.63, 3.8) is 0 Å². The van der Waals surface area contributed by atoms with Gasteiger partial charge in [0.25, 0.3) is 5.56 Å². The Balaban J connectivity index is 2.51. The summed E-state index contributed by atoms with van der Waals surface area (Å²) in [7, 11) is 0. The van der Waals surface area contributed by atoms with Crippen LogP contribution in [0.2, 0.25) is 0 Å². The summed E-state index contributed by atoms with van der Waals surface area (Å²) in [6.07, 6.45) is 3.26. The number of unbranched alkanes of at least 4 members (excludes halogenated alkanes) is 2. The number of hydrogen-bond donors (Lipinski definition) is 3. The van der Waals surface area contributed by atoms with E-state index in [0.717, 1.165) is 25.8 Å². The van der Waals surface area contributed by atoms with Gasteiger partial charge in [0.05, 0.1) is 0 Å². The molecule has 7 heteroatoms. The molecule has 2 aromatic heterocycles. The summed E-state index contributed by atoms with van der Waals surface area (Å²) in [6.45, 7) is 2.89. The molecule has 0 spiro atoms. The molecule has 0 bridgehead atoms. The van der Waals surface area contributed by atoms with Crippen LogP contribution in [-0.4, -0.2) is 19.5 Å². The lowest BCUT2D eigenvalue weighted by Crippen LogP contribution is -2.12. The molecule has 0 aromatic carbocycles. The van der Waals surface area contributed by atoms with Gasteiger partial charge in [0.2, 0.25) is 5.95 Å². The number of rotatable bonds is 4. The van der Waals surface area contributed by atoms with Gasteiger partial charge < -0.3 is 15.3 Å². The minimum atomic E-state index is -0.284. The normalized spacial score (nSPS) is 11.1. The van der Waals surface area contributed by atoms with Crippen LogP contribution in [0.1, 0.15) is 26.2 Å². The fraction of sp³-hybridized carbons (Fsp3) is 0.500. The molecule has 2 aromatic rings. The van der Waals surface area contributed by atoms with Crippen molar-refractivity contribution in [1.82, 2.24) is 19.5 Å². The number of nitrogen functional groups attached to an aromatic ring is 1. The highest BCUT2D eigenvalue weighted by atomic mass is 32.1. The molecule has 2 rings (SSSR count). The highest BCUT2D eigenvalue weighted by Crippen LogP contribution is 2.10. The molecular weight excluding hydrogens is 238 g/mol. The Hall–Kier alpha value is -1.63. The zero-order valence-corrected chi connectivity index (χ0v) is 10.4. The number of imidazole rings is 1. The third-order valence-corrected chi connectivity index (χ3v) is 2.96. The van der Waals surface area contributed by atoms with E-state index in [0.29, 0.717) is 15.9 Å². The molecule has 0 amide bonds. The second-order valence-electron chi connectivity index (χ2n) is 3.94. The predicted molar refractivity (Wildman–Crippen MR) is 69.5 cm³/mol. The summed E-state index contributed by atoms with van der Waals surface area (Å²) < 4.78 is 2.34. The quantitative estimate of drug-likeness (QED) is 0.569. The molecule has 0 radical (unpaired) electrons. The van der Waals surface area contributed by atoms with Gasteiger partial charge in [-0.3, -0.25) is 9.78 Å². The van der Waals surface area contributed by atoms with E-state index in [-0.39, 0.29) is 11.5 Å². The Kier molecular flexibility index (Phi) is 3.28. The highest BCUT2D eigenvalue weighted by Gasteiger charge is 2.09. The number of anilines is 1. The summed E-state index contributed by atoms with van der Waals surface area (Å²) in [5.41, 5.74) is 6.17. The number of fused-ring (bicyclic) bond motifs is 1. The van der Waals surface area contributed by atoms with Gasteiger partial charge in [0.15, 0.2) is 15.9 Å². The van der Waals surface area contributed by atoms with E-state index in [2.05, 4.69) is 21.9 Å². The summed E-state index contributed by atoms with van der Waals surface area (Å²) in [4.78, 5) is 21.1. The van der Waals surface area contributed by atoms with Gasteiger partial charge in [-0.2, -0.15) is 4.98 Å². The second kappa shape index (κ2) is 4.70. The van der Waals surface area contributed by atoms with Gasteiger partial charge in [-0.05, 0) is 18.6 Å². The Morgan fingerprint density at radius 1 is 1.41 bits per heavy atom. The van der Waals surface area contributed by atoms with Gasteiger partial charge in [-0.25, -0.2) is 0 Å². The number of aryl methyl sites for hydroxylation is 1. The van der Waals surface area contributed by atoms with E-state index < -0.39 is 0 Å². The van der Waals surface area contributed by atoms with Crippen molar-refractivity contribution < 1.29 is 0 Å². The summed E-state index contributed by atoms with van der Waals surface area (Å²) in [5, 5.41) is 0. The van der Waals surface area contributed by atoms with E-state index in [9.17, 15) is 4.79 Å². The number of nitrogens with zero attached hydrogens (tertiary/aromatic N) is 2. The standard InChI is InChI=1S/C10H15N5OS/c1-2-3-4-5-15-7-6(12-10(15)17)8(16)14-9(11)13-7/h2-5H2,1H3,(H,12,17)(H3,11,13,14,16). The van der Waals surface area contributed by atoms with Crippen molar-refractivity contribution in [3.05, 3.63) is 15.1 Å². The number of aromatic amines is 2. The molecule has 2 heterocycles. The number of H-pyrrole nitrogens is 2. The van der Waals surface area contributed by atoms with Gasteiger partial charge in [-0.15, -0.1) is 0 Å². The predicted octanol–water partition coefficient (Wildman–Crippen LogP) is 1.55. The molecule has 0 aliphatic rings. The van der Waals surface area contributed by atoms with Crippen molar-refractivity contribution in [2.24, 2.45) is 0 Å². The van der Waals surface area contributed by atoms with Crippen LogP contribution in [0.15, 0.2) is 4.79 Å². The first-order chi connectivity index (χ1) is 8.13. The molecule has 92 valence electrons. The highest BCUT2D eigenvalue weighted by molar-refractivity contribution is 7.71. The van der Waals surface area contributed by atoms with Gasteiger partial charge in [0, 0.05) is 6.54 Å². The first-order valence-electron chi connectivity index (χ1n) is 5.61. The molecule has 0 fully saturated rings. The van der Waals surface area contributed by atoms with Crippen LogP contribution in [0, 0.1) is 4.77 Å². The molecule has 0 saturated heterocycles. The zero-order valence-electron chi connectivity index (χ0n) is 9.62. The number of nitrogens with one attached hydrogen (secondary N) is 2. The van der Waals surface area contributed by atoms with Crippen molar-refractivity contribution in [2.45, 2.75) is 32.7 Å². The zero-order chi connectivity index (χ0) is 12.4. The molecule has 0 atom stereocenters. The lowest BCUT2D eigenvalue weighted by atomic mass is 10.2. The maximum Gasteiger partial charge on any atom is 0.278 e. The monoisotopic (exact) mass is 253 g/mol. The fourth-order valence-corrected chi connectivity index (χ4v) is 2.06. The molecule has 4 N–H and O–H groups in total. The minimum absolute atomic E-state index is 0.112. The Morgan fingerprint density at radius 3 is 2.88 bits per heavy atom. The number of aromatic nitrogens is 4. The van der Waals surface area contributed by atoms with Crippen molar-refractivity contribution in [3.8, 4) is 0 Å². The molecule has 0 saturated carbocycles. The van der Waals surface area contributed by atoms with Crippen LogP contribution >= 0.6 is 12.2 Å². The van der Waals surface area contributed by atoms with Crippen LogP contribution in [0.5, 0.6) is 0 Å². The van der Waals surface area contributed by atoms with Crippen molar-refractivity contribution in [1.29, 1.82) is 0 Å². The maximum absolute atomic E-state index is 11.6. The third kappa shape index (κ3) is 2.23. The van der Waals surface area contributed by atoms with Gasteiger partial charge in [-0.1, -0.05) is 19.8 Å². The van der Waals surface area contributed by atoms with Gasteiger partial charge >= 0.3 is 0 Å². The SMILES string of the molecule is CCCCCn1c(=S)[nH]c2c(=O)[nH]c(N)nc21. The van der Waals surface area contributed by atoms with Gasteiger partial charge in [0.1, 0.15) is 0 Å². The summed E-state index contributed by atoms with van der Waals surface area (Å²) in [5.74, 6) is 0.112. The first kappa shape index (κ1) is 11.8. The summed E-state index contributed by atoms with van der Waals surface area (Å²) >= 11 is 5.18. The van der Waals surface area contributed by atoms with E-state index in [4.69, 9.17) is 18.0 Å².